The highest BCUT2D eigenvalue weighted by atomic mass is 32.1. The predicted molar refractivity (Wildman–Crippen MR) is 282 cm³/mol. The van der Waals surface area contributed by atoms with Crippen molar-refractivity contribution >= 4 is 76.5 Å². The lowest BCUT2D eigenvalue weighted by atomic mass is 9.78. The highest BCUT2D eigenvalue weighted by molar-refractivity contribution is 7.82. The molecule has 5 aromatic rings. The Morgan fingerprint density at radius 2 is 1.57 bits per heavy atom. The molecule has 4 aliphatic rings. The molecule has 4 unspecified atom stereocenters. The average Bonchev–Trinajstić information content (AvgIpc) is 3.95. The first kappa shape index (κ1) is 55.4. The van der Waals surface area contributed by atoms with Crippen molar-refractivity contribution in [3.05, 3.63) is 127 Å². The number of carbonyl (C=O) groups excluding carboxylic acids is 8. The van der Waals surface area contributed by atoms with Crippen molar-refractivity contribution in [2.75, 3.05) is 37.9 Å². The lowest BCUT2D eigenvalue weighted by Gasteiger charge is -2.29. The Morgan fingerprint density at radius 3 is 2.30 bits per heavy atom. The number of aliphatic hydroxyl groups excluding tert-OH is 1. The number of nitrogens with zero attached hydrogens (tertiary/aromatic N) is 3. The van der Waals surface area contributed by atoms with Crippen molar-refractivity contribution in [1.82, 2.24) is 36.1 Å². The van der Waals surface area contributed by atoms with Crippen LogP contribution in [-0.4, -0.2) is 106 Å². The number of carbonyl (C=O) groups is 8. The van der Waals surface area contributed by atoms with Gasteiger partial charge in [0.2, 0.25) is 41.4 Å². The first-order valence-corrected chi connectivity index (χ1v) is 26.0. The molecule has 0 bridgehead atoms. The van der Waals surface area contributed by atoms with Crippen LogP contribution >= 0.6 is 12.6 Å². The number of amides is 7. The molecule has 3 aliphatic heterocycles. The van der Waals surface area contributed by atoms with Crippen molar-refractivity contribution in [3.63, 3.8) is 0 Å². The molecule has 3 aromatic carbocycles. The first-order valence-electron chi connectivity index (χ1n) is 25.4. The van der Waals surface area contributed by atoms with Gasteiger partial charge in [-0.15, -0.1) is 0 Å². The molecule has 1 saturated heterocycles. The topological polar surface area (TPSA) is 274 Å². The molecular formula is C55H59FN8O12S. The average molecular weight is 1080 g/mol. The Kier molecular flexibility index (Phi) is 17.6. The molecule has 22 heteroatoms. The molecule has 0 saturated carbocycles. The van der Waals surface area contributed by atoms with E-state index in [4.69, 9.17) is 14.5 Å². The maximum Gasteiger partial charge on any atom is 0.340 e. The maximum absolute atomic E-state index is 15.3. The van der Waals surface area contributed by atoms with Gasteiger partial charge >= 0.3 is 5.97 Å². The van der Waals surface area contributed by atoms with E-state index in [0.717, 1.165) is 32.5 Å². The van der Waals surface area contributed by atoms with Gasteiger partial charge in [-0.3, -0.25) is 38.4 Å². The van der Waals surface area contributed by atoms with Crippen LogP contribution in [0.5, 0.6) is 0 Å². The van der Waals surface area contributed by atoms with E-state index in [0.29, 0.717) is 59.4 Å². The number of fused-ring (bicyclic) bond motifs is 5. The Morgan fingerprint density at radius 1 is 0.870 bits per heavy atom. The zero-order valence-corrected chi connectivity index (χ0v) is 43.6. The molecule has 1 fully saturated rings. The second-order valence-corrected chi connectivity index (χ2v) is 19.4. The molecule has 0 radical (unpaired) electrons. The minimum Gasteiger partial charge on any atom is -0.458 e. The number of anilines is 1. The van der Waals surface area contributed by atoms with E-state index in [2.05, 4.69) is 39.2 Å². The number of benzene rings is 3. The Balaban J connectivity index is 0.00000387. The van der Waals surface area contributed by atoms with Gasteiger partial charge in [-0.1, -0.05) is 56.3 Å². The number of hydrogen-bond acceptors (Lipinski definition) is 14. The van der Waals surface area contributed by atoms with Gasteiger partial charge in [-0.2, -0.15) is 12.6 Å². The van der Waals surface area contributed by atoms with Gasteiger partial charge in [0.15, 0.2) is 6.10 Å². The molecule has 5 heterocycles. The zero-order chi connectivity index (χ0) is 55.1. The number of halogens is 1. The molecule has 77 heavy (non-hydrogen) atoms. The SMILES string of the molecule is CC.Cc1c(F)cc2nc3c(c4c2c1CCC4COCNC(=O)CNC(=O)C(Cc1ccccc1)NC(=O)CNC(=O)CNC(=O)CCCc1ccc(N2C(=O)CC(S)C2=O)cc1)Cn1c-3cc2c(c1=O)COC(=O)C2O. The van der Waals surface area contributed by atoms with Crippen molar-refractivity contribution in [2.45, 2.75) is 102 Å². The third-order valence-electron chi connectivity index (χ3n) is 13.9. The number of aromatic nitrogens is 2. The lowest BCUT2D eigenvalue weighted by Crippen LogP contribution is -2.52. The van der Waals surface area contributed by atoms with E-state index < -0.39 is 78.0 Å². The molecule has 404 valence electrons. The number of rotatable bonds is 19. The summed E-state index contributed by atoms with van der Waals surface area (Å²) in [5.74, 6) is -5.21. The first-order chi connectivity index (χ1) is 37.1. The van der Waals surface area contributed by atoms with Gasteiger partial charge in [0.05, 0.1) is 66.2 Å². The number of esters is 1. The molecule has 9 rings (SSSR count). The highest BCUT2D eigenvalue weighted by Gasteiger charge is 2.39. The van der Waals surface area contributed by atoms with E-state index in [1.165, 1.54) is 10.6 Å². The van der Waals surface area contributed by atoms with Crippen LogP contribution in [0.1, 0.15) is 96.1 Å². The third-order valence-corrected chi connectivity index (χ3v) is 14.3. The Labute approximate surface area is 447 Å². The van der Waals surface area contributed by atoms with Gasteiger partial charge < -0.3 is 45.7 Å². The number of aryl methyl sites for hydroxylation is 2. The number of pyridine rings is 2. The second kappa shape index (κ2) is 24.5. The normalized spacial score (nSPS) is 17.2. The number of hydrogen-bond donors (Lipinski definition) is 7. The summed E-state index contributed by atoms with van der Waals surface area (Å²) in [4.78, 5) is 121. The number of nitrogens with one attached hydrogen (secondary N) is 5. The number of ether oxygens (including phenoxy) is 2. The van der Waals surface area contributed by atoms with E-state index in [1.807, 2.05) is 13.8 Å². The molecule has 7 amide bonds. The van der Waals surface area contributed by atoms with Crippen molar-refractivity contribution < 1.29 is 57.3 Å². The molecular weight excluding hydrogens is 1020 g/mol. The minimum absolute atomic E-state index is 0.0422. The fourth-order valence-electron chi connectivity index (χ4n) is 10.0. The number of imide groups is 1. The summed E-state index contributed by atoms with van der Waals surface area (Å²) in [7, 11) is 0. The fourth-order valence-corrected chi connectivity index (χ4v) is 10.3. The van der Waals surface area contributed by atoms with Crippen LogP contribution in [0.25, 0.3) is 22.3 Å². The Bertz CT molecular complexity index is 3230. The quantitative estimate of drug-likeness (QED) is 0.0203. The summed E-state index contributed by atoms with van der Waals surface area (Å²) in [6, 6.07) is 17.5. The van der Waals surface area contributed by atoms with Gasteiger partial charge in [0.25, 0.3) is 5.56 Å². The van der Waals surface area contributed by atoms with Crippen LogP contribution in [0.3, 0.4) is 0 Å². The fraction of sp³-hybridized carbons (Fsp3) is 0.382. The molecule has 6 N–H and O–H groups in total. The molecule has 20 nitrogen and oxygen atoms in total. The molecule has 1 aliphatic carbocycles. The highest BCUT2D eigenvalue weighted by Crippen LogP contribution is 2.46. The standard InChI is InChI=1S/C53H53FN8O12S.C2H6/c1-27-32-15-12-30(46-34-23-61-39(48(34)60-37(47(32)46)18-36(27)54)17-33-35(51(61)70)25-74-53(72)49(33)68)24-73-26-58-43(65)21-57-50(69)38(16-29-6-3-2-4-7-29)59-44(66)22-56-42(64)20-55-41(63)9-5-8-28-10-13-31(14-11-28)62-45(67)19-40(75)52(62)71;1-2/h2-4,6-7,10-11,13-14,17-18,30,38,40,49,68,75H,5,8-9,12,15-16,19-26H2,1H3,(H,55,63)(H,56,64)(H,57,69)(H,58,65)(H,59,66);1-2H3. The second-order valence-electron chi connectivity index (χ2n) is 18.8. The van der Waals surface area contributed by atoms with Crippen LogP contribution in [-0.2, 0) is 80.2 Å². The minimum atomic E-state index is -1.64. The monoisotopic (exact) mass is 1070 g/mol. The summed E-state index contributed by atoms with van der Waals surface area (Å²) in [6.07, 6.45) is 0.629. The third kappa shape index (κ3) is 12.2. The van der Waals surface area contributed by atoms with Gasteiger partial charge in [0.1, 0.15) is 25.2 Å². The van der Waals surface area contributed by atoms with Crippen LogP contribution in [0.4, 0.5) is 10.1 Å². The van der Waals surface area contributed by atoms with Crippen molar-refractivity contribution in [1.29, 1.82) is 0 Å². The van der Waals surface area contributed by atoms with Crippen LogP contribution in [0, 0.1) is 12.7 Å². The lowest BCUT2D eigenvalue weighted by molar-refractivity contribution is -0.157. The maximum atomic E-state index is 15.3. The summed E-state index contributed by atoms with van der Waals surface area (Å²) in [5.41, 5.74) is 6.00. The van der Waals surface area contributed by atoms with Crippen LogP contribution < -0.4 is 37.0 Å². The smallest absolute Gasteiger partial charge is 0.340 e. The molecule has 4 atom stereocenters. The van der Waals surface area contributed by atoms with E-state index in [1.54, 1.807) is 67.6 Å². The van der Waals surface area contributed by atoms with E-state index >= 15 is 4.39 Å². The van der Waals surface area contributed by atoms with E-state index in [-0.39, 0.29) is 80.5 Å². The van der Waals surface area contributed by atoms with Gasteiger partial charge in [0, 0.05) is 47.8 Å². The van der Waals surface area contributed by atoms with Crippen LogP contribution in [0.15, 0.2) is 71.5 Å². The summed E-state index contributed by atoms with van der Waals surface area (Å²) in [5, 5.41) is 23.5. The zero-order valence-electron chi connectivity index (χ0n) is 42.7. The summed E-state index contributed by atoms with van der Waals surface area (Å²) >= 11 is 4.15. The predicted octanol–water partition coefficient (Wildman–Crippen LogP) is 2.77. The summed E-state index contributed by atoms with van der Waals surface area (Å²) in [6.45, 7) is 4.09. The molecule has 2 aromatic heterocycles. The van der Waals surface area contributed by atoms with Crippen molar-refractivity contribution in [3.8, 4) is 11.4 Å². The number of cyclic esters (lactones) is 1. The Hall–Kier alpha value is -7.82. The van der Waals surface area contributed by atoms with Gasteiger partial charge in [-0.25, -0.2) is 19.1 Å². The van der Waals surface area contributed by atoms with Crippen molar-refractivity contribution in [2.24, 2.45) is 0 Å². The number of aliphatic hydroxyl groups is 1. The van der Waals surface area contributed by atoms with Gasteiger partial charge in [-0.05, 0) is 78.6 Å². The number of thiol groups is 1. The van der Waals surface area contributed by atoms with E-state index in [9.17, 15) is 48.3 Å². The largest absolute Gasteiger partial charge is 0.458 e. The molecule has 0 spiro atoms. The summed E-state index contributed by atoms with van der Waals surface area (Å²) < 4.78 is 27.9. The van der Waals surface area contributed by atoms with Crippen LogP contribution in [0.2, 0.25) is 0 Å².